The van der Waals surface area contributed by atoms with Crippen molar-refractivity contribution in [2.45, 2.75) is 13.0 Å². The Kier molecular flexibility index (Phi) is 4.13. The van der Waals surface area contributed by atoms with Crippen LogP contribution in [0.15, 0.2) is 30.3 Å². The second-order valence-corrected chi connectivity index (χ2v) is 3.12. The van der Waals surface area contributed by atoms with Crippen molar-refractivity contribution in [3.05, 3.63) is 35.9 Å². The lowest BCUT2D eigenvalue weighted by molar-refractivity contribution is -0.120. The third-order valence-electron chi connectivity index (χ3n) is 1.91. The fourth-order valence-corrected chi connectivity index (χ4v) is 1.32. The van der Waals surface area contributed by atoms with Gasteiger partial charge in [-0.3, -0.25) is 4.79 Å². The van der Waals surface area contributed by atoms with Crippen LogP contribution in [0.2, 0.25) is 0 Å². The molecule has 0 aliphatic heterocycles. The third-order valence-corrected chi connectivity index (χ3v) is 1.91. The maximum atomic E-state index is 10.9. The summed E-state index contributed by atoms with van der Waals surface area (Å²) < 4.78 is 5.04. The van der Waals surface area contributed by atoms with E-state index in [1.807, 2.05) is 30.3 Å². The van der Waals surface area contributed by atoms with E-state index in [-0.39, 0.29) is 11.9 Å². The Balaban J connectivity index is 2.72. The van der Waals surface area contributed by atoms with Crippen LogP contribution in [0.1, 0.15) is 18.5 Å². The predicted molar refractivity (Wildman–Crippen MR) is 54.9 cm³/mol. The van der Waals surface area contributed by atoms with Crippen LogP contribution in [0.25, 0.3) is 0 Å². The van der Waals surface area contributed by atoms with Gasteiger partial charge in [-0.2, -0.15) is 0 Å². The molecule has 1 atom stereocenters. The third kappa shape index (κ3) is 3.18. The van der Waals surface area contributed by atoms with Crippen molar-refractivity contribution in [1.29, 1.82) is 0 Å². The lowest BCUT2D eigenvalue weighted by Gasteiger charge is -2.16. The summed E-state index contributed by atoms with van der Waals surface area (Å²) in [6.45, 7) is 2.00. The number of carbonyl (C=O) groups excluding carboxylic acids is 1. The smallest absolute Gasteiger partial charge is 0.217 e. The number of amides is 1. The summed E-state index contributed by atoms with van der Waals surface area (Å²) >= 11 is 0. The van der Waals surface area contributed by atoms with Crippen LogP contribution in [-0.2, 0) is 9.53 Å². The molecule has 3 nitrogen and oxygen atoms in total. The van der Waals surface area contributed by atoms with E-state index in [2.05, 4.69) is 5.32 Å². The first-order chi connectivity index (χ1) is 6.74. The van der Waals surface area contributed by atoms with Gasteiger partial charge in [0.1, 0.15) is 0 Å². The number of benzene rings is 1. The standard InChI is InChI=1S/C11H15NO2/c1-9(13)12-11(8-14-2)10-6-4-3-5-7-10/h3-7,11H,8H2,1-2H3,(H,12,13)/t11-/m1/s1. The van der Waals surface area contributed by atoms with Crippen LogP contribution in [0.4, 0.5) is 0 Å². The molecule has 1 aromatic carbocycles. The lowest BCUT2D eigenvalue weighted by atomic mass is 10.1. The van der Waals surface area contributed by atoms with Gasteiger partial charge in [0, 0.05) is 14.0 Å². The van der Waals surface area contributed by atoms with Crippen LogP contribution in [0.3, 0.4) is 0 Å². The molecule has 0 fully saturated rings. The molecule has 0 unspecified atom stereocenters. The topological polar surface area (TPSA) is 38.3 Å². The van der Waals surface area contributed by atoms with Crippen molar-refractivity contribution in [3.63, 3.8) is 0 Å². The molecule has 0 aliphatic rings. The second kappa shape index (κ2) is 5.40. The number of nitrogens with one attached hydrogen (secondary N) is 1. The molecule has 14 heavy (non-hydrogen) atoms. The number of carbonyl (C=O) groups is 1. The maximum absolute atomic E-state index is 10.9. The highest BCUT2D eigenvalue weighted by Gasteiger charge is 2.10. The Morgan fingerprint density at radius 1 is 1.43 bits per heavy atom. The molecular weight excluding hydrogens is 178 g/mol. The normalized spacial score (nSPS) is 12.1. The highest BCUT2D eigenvalue weighted by atomic mass is 16.5. The van der Waals surface area contributed by atoms with E-state index >= 15 is 0 Å². The summed E-state index contributed by atoms with van der Waals surface area (Å²) in [5.74, 6) is -0.0455. The van der Waals surface area contributed by atoms with Crippen LogP contribution >= 0.6 is 0 Å². The van der Waals surface area contributed by atoms with Crippen molar-refractivity contribution in [2.24, 2.45) is 0 Å². The number of hydrogen-bond donors (Lipinski definition) is 1. The van der Waals surface area contributed by atoms with Crippen LogP contribution in [0, 0.1) is 0 Å². The van der Waals surface area contributed by atoms with Gasteiger partial charge in [-0.05, 0) is 5.56 Å². The van der Waals surface area contributed by atoms with E-state index in [1.165, 1.54) is 6.92 Å². The van der Waals surface area contributed by atoms with E-state index in [1.54, 1.807) is 7.11 Å². The highest BCUT2D eigenvalue weighted by Crippen LogP contribution is 2.12. The molecule has 76 valence electrons. The fraction of sp³-hybridized carbons (Fsp3) is 0.364. The van der Waals surface area contributed by atoms with Crippen LogP contribution in [0.5, 0.6) is 0 Å². The highest BCUT2D eigenvalue weighted by molar-refractivity contribution is 5.73. The fourth-order valence-electron chi connectivity index (χ4n) is 1.32. The molecule has 1 rings (SSSR count). The van der Waals surface area contributed by atoms with Gasteiger partial charge in [0.2, 0.25) is 5.91 Å². The Hall–Kier alpha value is -1.35. The van der Waals surface area contributed by atoms with Crippen LogP contribution in [-0.4, -0.2) is 19.6 Å². The molecule has 0 saturated heterocycles. The molecule has 0 aliphatic carbocycles. The Bertz CT molecular complexity index is 285. The summed E-state index contributed by atoms with van der Waals surface area (Å²) in [6, 6.07) is 9.72. The number of ether oxygens (including phenoxy) is 1. The van der Waals surface area contributed by atoms with Gasteiger partial charge in [-0.1, -0.05) is 30.3 Å². The van der Waals surface area contributed by atoms with Crippen molar-refractivity contribution in [2.75, 3.05) is 13.7 Å². The van der Waals surface area contributed by atoms with E-state index in [4.69, 9.17) is 4.74 Å². The Morgan fingerprint density at radius 3 is 2.57 bits per heavy atom. The zero-order chi connectivity index (χ0) is 10.4. The molecule has 1 amide bonds. The van der Waals surface area contributed by atoms with Crippen molar-refractivity contribution >= 4 is 5.91 Å². The number of rotatable bonds is 4. The monoisotopic (exact) mass is 193 g/mol. The van der Waals surface area contributed by atoms with E-state index in [9.17, 15) is 4.79 Å². The summed E-state index contributed by atoms with van der Waals surface area (Å²) in [7, 11) is 1.62. The molecule has 0 heterocycles. The lowest BCUT2D eigenvalue weighted by Crippen LogP contribution is -2.29. The first kappa shape index (κ1) is 10.7. The summed E-state index contributed by atoms with van der Waals surface area (Å²) in [4.78, 5) is 10.9. The molecule has 0 saturated carbocycles. The quantitative estimate of drug-likeness (QED) is 0.787. The number of methoxy groups -OCH3 is 1. The SMILES string of the molecule is COC[C@@H](NC(C)=O)c1ccccc1. The predicted octanol–water partition coefficient (Wildman–Crippen LogP) is 1.51. The van der Waals surface area contributed by atoms with Gasteiger partial charge in [-0.15, -0.1) is 0 Å². The zero-order valence-corrected chi connectivity index (χ0v) is 8.49. The minimum atomic E-state index is -0.0568. The van der Waals surface area contributed by atoms with E-state index in [0.29, 0.717) is 6.61 Å². The minimum absolute atomic E-state index is 0.0455. The summed E-state index contributed by atoms with van der Waals surface area (Å²) in [6.07, 6.45) is 0. The average Bonchev–Trinajstić information content (AvgIpc) is 2.18. The first-order valence-corrected chi connectivity index (χ1v) is 4.55. The molecule has 0 aromatic heterocycles. The largest absolute Gasteiger partial charge is 0.382 e. The van der Waals surface area contributed by atoms with E-state index < -0.39 is 0 Å². The Morgan fingerprint density at radius 2 is 2.07 bits per heavy atom. The van der Waals surface area contributed by atoms with Crippen molar-refractivity contribution in [3.8, 4) is 0 Å². The molecule has 0 radical (unpaired) electrons. The van der Waals surface area contributed by atoms with Gasteiger partial charge in [0.05, 0.1) is 12.6 Å². The molecular formula is C11H15NO2. The molecule has 1 aromatic rings. The molecule has 0 bridgehead atoms. The Labute approximate surface area is 84.1 Å². The zero-order valence-electron chi connectivity index (χ0n) is 8.49. The van der Waals surface area contributed by atoms with Crippen molar-refractivity contribution in [1.82, 2.24) is 5.32 Å². The van der Waals surface area contributed by atoms with Crippen LogP contribution < -0.4 is 5.32 Å². The first-order valence-electron chi connectivity index (χ1n) is 4.55. The molecule has 0 spiro atoms. The van der Waals surface area contributed by atoms with Crippen molar-refractivity contribution < 1.29 is 9.53 Å². The summed E-state index contributed by atoms with van der Waals surface area (Å²) in [5, 5.41) is 2.83. The molecule has 1 N–H and O–H groups in total. The van der Waals surface area contributed by atoms with Gasteiger partial charge >= 0.3 is 0 Å². The second-order valence-electron chi connectivity index (χ2n) is 3.12. The minimum Gasteiger partial charge on any atom is -0.382 e. The number of hydrogen-bond acceptors (Lipinski definition) is 2. The molecule has 3 heteroatoms. The average molecular weight is 193 g/mol. The summed E-state index contributed by atoms with van der Waals surface area (Å²) in [5.41, 5.74) is 1.06. The van der Waals surface area contributed by atoms with Gasteiger partial charge < -0.3 is 10.1 Å². The van der Waals surface area contributed by atoms with Gasteiger partial charge in [0.25, 0.3) is 0 Å². The maximum Gasteiger partial charge on any atom is 0.217 e. The van der Waals surface area contributed by atoms with Gasteiger partial charge in [-0.25, -0.2) is 0 Å². The van der Waals surface area contributed by atoms with E-state index in [0.717, 1.165) is 5.56 Å². The van der Waals surface area contributed by atoms with Gasteiger partial charge in [0.15, 0.2) is 0 Å².